The highest BCUT2D eigenvalue weighted by atomic mass is 32.2. The molecule has 0 amide bonds. The van der Waals surface area contributed by atoms with Crippen LogP contribution in [-0.4, -0.2) is 39.4 Å². The Labute approximate surface area is 80.5 Å². The highest BCUT2D eigenvalue weighted by Gasteiger charge is 2.02. The average Bonchev–Trinajstić information content (AvgIpc) is 2.03. The maximum atomic E-state index is 11.1. The summed E-state index contributed by atoms with van der Waals surface area (Å²) in [4.78, 5) is 10.1. The van der Waals surface area contributed by atoms with Crippen molar-refractivity contribution in [3.63, 3.8) is 0 Å². The summed E-state index contributed by atoms with van der Waals surface area (Å²) < 4.78 is 11.1. The van der Waals surface area contributed by atoms with Crippen LogP contribution in [0.15, 0.2) is 17.4 Å². The molecule has 72 valence electrons. The molecule has 0 unspecified atom stereocenters. The van der Waals surface area contributed by atoms with E-state index >= 15 is 0 Å². The normalized spacial score (nSPS) is 13.2. The Balaban J connectivity index is 2.85. The predicted molar refractivity (Wildman–Crippen MR) is 51.8 cm³/mol. The molecule has 0 saturated carbocycles. The first-order valence-electron chi connectivity index (χ1n) is 3.89. The second kappa shape index (κ2) is 4.43. The zero-order valence-electron chi connectivity index (χ0n) is 8.02. The van der Waals surface area contributed by atoms with E-state index in [1.807, 2.05) is 25.1 Å². The Morgan fingerprint density at radius 1 is 1.54 bits per heavy atom. The van der Waals surface area contributed by atoms with E-state index in [2.05, 4.69) is 9.97 Å². The SMILES string of the molecule is CN(C)Cc1ccnc([S@](C)=O)n1. The molecular weight excluding hydrogens is 186 g/mol. The van der Waals surface area contributed by atoms with Gasteiger partial charge in [-0.3, -0.25) is 4.21 Å². The van der Waals surface area contributed by atoms with Crippen LogP contribution < -0.4 is 0 Å². The Morgan fingerprint density at radius 2 is 2.23 bits per heavy atom. The first kappa shape index (κ1) is 10.3. The zero-order chi connectivity index (χ0) is 9.84. The molecule has 5 heteroatoms. The van der Waals surface area contributed by atoms with E-state index < -0.39 is 10.8 Å². The Morgan fingerprint density at radius 3 is 2.77 bits per heavy atom. The van der Waals surface area contributed by atoms with E-state index in [-0.39, 0.29) is 0 Å². The summed E-state index contributed by atoms with van der Waals surface area (Å²) in [6, 6.07) is 1.83. The third-order valence-corrected chi connectivity index (χ3v) is 2.14. The molecule has 1 atom stereocenters. The lowest BCUT2D eigenvalue weighted by Crippen LogP contribution is -2.13. The molecule has 0 bridgehead atoms. The van der Waals surface area contributed by atoms with Crippen LogP contribution in [0, 0.1) is 0 Å². The summed E-state index contributed by atoms with van der Waals surface area (Å²) >= 11 is 0. The second-order valence-electron chi connectivity index (χ2n) is 3.02. The van der Waals surface area contributed by atoms with E-state index in [0.717, 1.165) is 12.2 Å². The van der Waals surface area contributed by atoms with Gasteiger partial charge in [-0.2, -0.15) is 0 Å². The van der Waals surface area contributed by atoms with E-state index in [0.29, 0.717) is 5.16 Å². The molecule has 0 saturated heterocycles. The summed E-state index contributed by atoms with van der Waals surface area (Å²) in [6.07, 6.45) is 3.22. The molecule has 0 fully saturated rings. The van der Waals surface area contributed by atoms with Gasteiger partial charge in [-0.25, -0.2) is 9.97 Å². The first-order chi connectivity index (χ1) is 6.09. The monoisotopic (exact) mass is 199 g/mol. The summed E-state index contributed by atoms with van der Waals surface area (Å²) in [5.41, 5.74) is 0.894. The average molecular weight is 199 g/mol. The number of hydrogen-bond acceptors (Lipinski definition) is 4. The molecule has 0 N–H and O–H groups in total. The largest absolute Gasteiger partial charge is 0.304 e. The van der Waals surface area contributed by atoms with Crippen LogP contribution in [0.1, 0.15) is 5.69 Å². The van der Waals surface area contributed by atoms with Crippen molar-refractivity contribution in [2.45, 2.75) is 11.7 Å². The third kappa shape index (κ3) is 3.20. The minimum absolute atomic E-state index is 0.402. The maximum Gasteiger partial charge on any atom is 0.218 e. The van der Waals surface area contributed by atoms with Crippen molar-refractivity contribution in [3.8, 4) is 0 Å². The van der Waals surface area contributed by atoms with Gasteiger partial charge in [-0.05, 0) is 20.2 Å². The molecule has 13 heavy (non-hydrogen) atoms. The van der Waals surface area contributed by atoms with Crippen molar-refractivity contribution < 1.29 is 4.21 Å². The molecule has 0 aromatic carbocycles. The van der Waals surface area contributed by atoms with Gasteiger partial charge in [-0.1, -0.05) is 0 Å². The lowest BCUT2D eigenvalue weighted by atomic mass is 10.4. The molecule has 1 aromatic rings. The molecule has 0 aliphatic rings. The molecule has 0 aliphatic carbocycles. The number of hydrogen-bond donors (Lipinski definition) is 0. The van der Waals surface area contributed by atoms with Crippen LogP contribution in [0.5, 0.6) is 0 Å². The summed E-state index contributed by atoms with van der Waals surface area (Å²) in [7, 11) is 2.83. The van der Waals surface area contributed by atoms with Crippen LogP contribution in [0.25, 0.3) is 0 Å². The molecular formula is C8H13N3OS. The van der Waals surface area contributed by atoms with Crippen molar-refractivity contribution in [2.24, 2.45) is 0 Å². The lowest BCUT2D eigenvalue weighted by Gasteiger charge is -2.08. The number of rotatable bonds is 3. The van der Waals surface area contributed by atoms with E-state index in [9.17, 15) is 4.21 Å². The summed E-state index contributed by atoms with van der Waals surface area (Å²) in [5, 5.41) is 0.402. The van der Waals surface area contributed by atoms with Crippen molar-refractivity contribution in [1.82, 2.24) is 14.9 Å². The number of aromatic nitrogens is 2. The minimum atomic E-state index is -1.09. The smallest absolute Gasteiger partial charge is 0.218 e. The van der Waals surface area contributed by atoms with Gasteiger partial charge in [0.1, 0.15) is 0 Å². The molecule has 0 radical (unpaired) electrons. The summed E-state index contributed by atoms with van der Waals surface area (Å²) in [5.74, 6) is 0. The zero-order valence-corrected chi connectivity index (χ0v) is 8.84. The van der Waals surface area contributed by atoms with E-state index in [1.54, 1.807) is 12.5 Å². The molecule has 0 aliphatic heterocycles. The Hall–Kier alpha value is -0.810. The predicted octanol–water partition coefficient (Wildman–Crippen LogP) is 0.276. The maximum absolute atomic E-state index is 11.1. The Bertz CT molecular complexity index is 314. The highest BCUT2D eigenvalue weighted by Crippen LogP contribution is 2.00. The van der Waals surface area contributed by atoms with Gasteiger partial charge >= 0.3 is 0 Å². The minimum Gasteiger partial charge on any atom is -0.304 e. The first-order valence-corrected chi connectivity index (χ1v) is 5.45. The van der Waals surface area contributed by atoms with Crippen LogP contribution >= 0.6 is 0 Å². The van der Waals surface area contributed by atoms with Crippen molar-refractivity contribution in [2.75, 3.05) is 20.4 Å². The molecule has 1 heterocycles. The van der Waals surface area contributed by atoms with Crippen molar-refractivity contribution in [3.05, 3.63) is 18.0 Å². The summed E-state index contributed by atoms with van der Waals surface area (Å²) in [6.45, 7) is 0.743. The molecule has 1 rings (SSSR count). The van der Waals surface area contributed by atoms with Gasteiger partial charge in [0, 0.05) is 19.0 Å². The van der Waals surface area contributed by atoms with Gasteiger partial charge in [0.15, 0.2) is 0 Å². The number of nitrogens with zero attached hydrogens (tertiary/aromatic N) is 3. The van der Waals surface area contributed by atoms with Crippen molar-refractivity contribution >= 4 is 10.8 Å². The van der Waals surface area contributed by atoms with E-state index in [1.165, 1.54) is 0 Å². The van der Waals surface area contributed by atoms with Gasteiger partial charge in [0.25, 0.3) is 0 Å². The fraction of sp³-hybridized carbons (Fsp3) is 0.500. The Kier molecular flexibility index (Phi) is 3.50. The van der Waals surface area contributed by atoms with Gasteiger partial charge < -0.3 is 4.90 Å². The topological polar surface area (TPSA) is 46.1 Å². The molecule has 0 spiro atoms. The fourth-order valence-electron chi connectivity index (χ4n) is 0.927. The van der Waals surface area contributed by atoms with Crippen LogP contribution in [0.4, 0.5) is 0 Å². The van der Waals surface area contributed by atoms with Gasteiger partial charge in [-0.15, -0.1) is 0 Å². The van der Waals surface area contributed by atoms with Crippen LogP contribution in [-0.2, 0) is 17.3 Å². The highest BCUT2D eigenvalue weighted by molar-refractivity contribution is 7.84. The fourth-order valence-corrected chi connectivity index (χ4v) is 1.38. The molecule has 1 aromatic heterocycles. The quantitative estimate of drug-likeness (QED) is 0.656. The van der Waals surface area contributed by atoms with Gasteiger partial charge in [0.05, 0.1) is 16.5 Å². The second-order valence-corrected chi connectivity index (χ2v) is 4.30. The van der Waals surface area contributed by atoms with Gasteiger partial charge in [0.2, 0.25) is 5.16 Å². The van der Waals surface area contributed by atoms with E-state index in [4.69, 9.17) is 0 Å². The van der Waals surface area contributed by atoms with Crippen LogP contribution in [0.3, 0.4) is 0 Å². The molecule has 4 nitrogen and oxygen atoms in total. The van der Waals surface area contributed by atoms with Crippen LogP contribution in [0.2, 0.25) is 0 Å². The third-order valence-electron chi connectivity index (χ3n) is 1.43. The standard InChI is InChI=1S/C8H13N3OS/c1-11(2)6-7-4-5-9-8(10-7)13(3)12/h4-5H,6H2,1-3H3/t13-/m0/s1. The lowest BCUT2D eigenvalue weighted by molar-refractivity contribution is 0.395. The van der Waals surface area contributed by atoms with Crippen molar-refractivity contribution in [1.29, 1.82) is 0 Å².